The van der Waals surface area contributed by atoms with Crippen molar-refractivity contribution < 1.29 is 22.0 Å². The molecule has 3 rings (SSSR count). The third-order valence-corrected chi connectivity index (χ3v) is 3.64. The first-order chi connectivity index (χ1) is 10.3. The lowest BCUT2D eigenvalue weighted by Crippen LogP contribution is -2.39. The average molecular weight is 315 g/mol. The fourth-order valence-electron chi connectivity index (χ4n) is 2.62. The fourth-order valence-corrected chi connectivity index (χ4v) is 2.62. The summed E-state index contributed by atoms with van der Waals surface area (Å²) in [4.78, 5) is 8.98. The summed E-state index contributed by atoms with van der Waals surface area (Å²) in [6.45, 7) is 0. The summed E-state index contributed by atoms with van der Waals surface area (Å²) in [5.74, 6) is -2.14. The van der Waals surface area contributed by atoms with Gasteiger partial charge >= 0.3 is 6.18 Å². The number of likely N-dealkylation sites (N-methyl/N-ethyl adjacent to an activating group) is 1. The molecule has 0 saturated heterocycles. The lowest BCUT2D eigenvalue weighted by molar-refractivity contribution is -0.137. The Balaban J connectivity index is 2.07. The summed E-state index contributed by atoms with van der Waals surface area (Å²) in [5.41, 5.74) is -1.17. The second-order valence-electron chi connectivity index (χ2n) is 4.97. The number of fused-ring (bicyclic) bond motifs is 1. The highest BCUT2D eigenvalue weighted by Gasteiger charge is 2.42. The van der Waals surface area contributed by atoms with Crippen molar-refractivity contribution in [3.63, 3.8) is 0 Å². The molecule has 0 bridgehead atoms. The number of hydrogen-bond donors (Lipinski definition) is 0. The first-order valence-electron chi connectivity index (χ1n) is 6.36. The van der Waals surface area contributed by atoms with E-state index < -0.39 is 35.5 Å². The molecule has 22 heavy (non-hydrogen) atoms. The topological polar surface area (TPSA) is 28.5 Å². The molecule has 0 aromatic carbocycles. The molecule has 2 heterocycles. The molecule has 2 unspecified atom stereocenters. The van der Waals surface area contributed by atoms with E-state index in [1.807, 2.05) is 0 Å². The van der Waals surface area contributed by atoms with Crippen LogP contribution in [0.2, 0.25) is 0 Å². The molecule has 0 radical (unpaired) electrons. The number of aliphatic imine (C=N–C) groups is 1. The molecule has 1 aromatic rings. The summed E-state index contributed by atoms with van der Waals surface area (Å²) in [6, 6.07) is -1.00. The lowest BCUT2D eigenvalue weighted by atomic mass is 10.0. The minimum Gasteiger partial charge on any atom is -0.347 e. The van der Waals surface area contributed by atoms with E-state index in [0.29, 0.717) is 0 Å². The van der Waals surface area contributed by atoms with Crippen molar-refractivity contribution in [3.05, 3.63) is 53.4 Å². The molecular formula is C14H10F5N3. The SMILES string of the molecule is CN1C(c2cnccc2C(F)(F)F)=NC2C=CC(F)=C(F)C21. The predicted octanol–water partition coefficient (Wildman–Crippen LogP) is 3.25. The molecule has 1 aliphatic carbocycles. The van der Waals surface area contributed by atoms with Crippen molar-refractivity contribution in [2.75, 3.05) is 7.05 Å². The Hall–Kier alpha value is -2.25. The number of hydrogen-bond acceptors (Lipinski definition) is 3. The van der Waals surface area contributed by atoms with Crippen LogP contribution in [0.15, 0.2) is 47.3 Å². The Kier molecular flexibility index (Phi) is 3.26. The molecule has 0 amide bonds. The quantitative estimate of drug-likeness (QED) is 0.744. The van der Waals surface area contributed by atoms with Gasteiger partial charge in [0.1, 0.15) is 11.9 Å². The molecule has 1 aliphatic heterocycles. The van der Waals surface area contributed by atoms with Crippen LogP contribution in [-0.4, -0.2) is 34.9 Å². The summed E-state index contributed by atoms with van der Waals surface area (Å²) in [5, 5.41) is 0. The lowest BCUT2D eigenvalue weighted by Gasteiger charge is -2.26. The molecule has 0 N–H and O–H groups in total. The van der Waals surface area contributed by atoms with Gasteiger partial charge in [0.2, 0.25) is 0 Å². The van der Waals surface area contributed by atoms with E-state index in [1.54, 1.807) is 0 Å². The van der Waals surface area contributed by atoms with Gasteiger partial charge in [-0.3, -0.25) is 9.98 Å². The van der Waals surface area contributed by atoms with Crippen LogP contribution in [0.4, 0.5) is 22.0 Å². The zero-order valence-corrected chi connectivity index (χ0v) is 11.3. The Bertz CT molecular complexity index is 705. The summed E-state index contributed by atoms with van der Waals surface area (Å²) in [6.07, 6.45) is -0.280. The van der Waals surface area contributed by atoms with Crippen molar-refractivity contribution in [2.24, 2.45) is 4.99 Å². The van der Waals surface area contributed by atoms with Crippen LogP contribution in [0.5, 0.6) is 0 Å². The molecule has 0 spiro atoms. The van der Waals surface area contributed by atoms with E-state index in [0.717, 1.165) is 24.5 Å². The van der Waals surface area contributed by atoms with Crippen molar-refractivity contribution in [3.8, 4) is 0 Å². The van der Waals surface area contributed by atoms with Crippen LogP contribution in [-0.2, 0) is 6.18 Å². The molecule has 3 nitrogen and oxygen atoms in total. The Morgan fingerprint density at radius 3 is 2.64 bits per heavy atom. The highest BCUT2D eigenvalue weighted by Crippen LogP contribution is 2.37. The van der Waals surface area contributed by atoms with E-state index in [4.69, 9.17) is 0 Å². The second-order valence-corrected chi connectivity index (χ2v) is 4.97. The van der Waals surface area contributed by atoms with E-state index in [1.165, 1.54) is 18.0 Å². The van der Waals surface area contributed by atoms with Gasteiger partial charge < -0.3 is 4.90 Å². The first-order valence-corrected chi connectivity index (χ1v) is 6.36. The maximum absolute atomic E-state index is 13.9. The monoisotopic (exact) mass is 315 g/mol. The largest absolute Gasteiger partial charge is 0.417 e. The maximum atomic E-state index is 13.9. The number of halogens is 5. The molecule has 116 valence electrons. The van der Waals surface area contributed by atoms with Crippen molar-refractivity contribution in [2.45, 2.75) is 18.3 Å². The normalized spacial score (nSPS) is 24.6. The molecule has 0 saturated carbocycles. The number of alkyl halides is 3. The van der Waals surface area contributed by atoms with Crippen LogP contribution in [0, 0.1) is 0 Å². The number of aromatic nitrogens is 1. The fraction of sp³-hybridized carbons (Fsp3) is 0.286. The number of allylic oxidation sites excluding steroid dienone is 2. The average Bonchev–Trinajstić information content (AvgIpc) is 2.80. The van der Waals surface area contributed by atoms with Crippen molar-refractivity contribution >= 4 is 5.84 Å². The van der Waals surface area contributed by atoms with Crippen molar-refractivity contribution in [1.82, 2.24) is 9.88 Å². The first kappa shape index (κ1) is 14.7. The van der Waals surface area contributed by atoms with Gasteiger partial charge in [0, 0.05) is 25.0 Å². The number of nitrogens with zero attached hydrogens (tertiary/aromatic N) is 3. The van der Waals surface area contributed by atoms with Gasteiger partial charge in [-0.15, -0.1) is 0 Å². The van der Waals surface area contributed by atoms with Gasteiger partial charge in [0.15, 0.2) is 11.7 Å². The predicted molar refractivity (Wildman–Crippen MR) is 69.5 cm³/mol. The zero-order valence-electron chi connectivity index (χ0n) is 11.3. The van der Waals surface area contributed by atoms with Crippen molar-refractivity contribution in [1.29, 1.82) is 0 Å². The summed E-state index contributed by atoms with van der Waals surface area (Å²) >= 11 is 0. The highest BCUT2D eigenvalue weighted by atomic mass is 19.4. The van der Waals surface area contributed by atoms with Crippen LogP contribution < -0.4 is 0 Å². The molecule has 2 atom stereocenters. The Morgan fingerprint density at radius 2 is 1.95 bits per heavy atom. The van der Waals surface area contributed by atoms with Gasteiger partial charge in [-0.2, -0.15) is 13.2 Å². The van der Waals surface area contributed by atoms with Gasteiger partial charge in [-0.05, 0) is 12.1 Å². The van der Waals surface area contributed by atoms with E-state index >= 15 is 0 Å². The molecule has 8 heteroatoms. The number of rotatable bonds is 1. The highest BCUT2D eigenvalue weighted by molar-refractivity contribution is 6.01. The van der Waals surface area contributed by atoms with Crippen LogP contribution in [0.3, 0.4) is 0 Å². The molecule has 0 fully saturated rings. The van der Waals surface area contributed by atoms with E-state index in [-0.39, 0.29) is 11.4 Å². The summed E-state index contributed by atoms with van der Waals surface area (Å²) < 4.78 is 66.5. The van der Waals surface area contributed by atoms with Gasteiger partial charge in [0.25, 0.3) is 0 Å². The van der Waals surface area contributed by atoms with Gasteiger partial charge in [-0.25, -0.2) is 8.78 Å². The standard InChI is InChI=1S/C14H10F5N3/c1-22-12-10(3-2-9(15)11(12)16)21-13(22)7-6-20-5-4-8(7)14(17,18)19/h2-6,10,12H,1H3. The van der Waals surface area contributed by atoms with Crippen LogP contribution in [0.25, 0.3) is 0 Å². The third kappa shape index (κ3) is 2.18. The van der Waals surface area contributed by atoms with Gasteiger partial charge in [-0.1, -0.05) is 6.08 Å². The van der Waals surface area contributed by atoms with Crippen LogP contribution >= 0.6 is 0 Å². The zero-order chi connectivity index (χ0) is 16.1. The number of amidine groups is 1. The third-order valence-electron chi connectivity index (χ3n) is 3.64. The minimum absolute atomic E-state index is 0.0649. The van der Waals surface area contributed by atoms with Crippen LogP contribution in [0.1, 0.15) is 11.1 Å². The summed E-state index contributed by atoms with van der Waals surface area (Å²) in [7, 11) is 1.38. The molecule has 2 aliphatic rings. The smallest absolute Gasteiger partial charge is 0.347 e. The minimum atomic E-state index is -4.59. The molecule has 1 aromatic heterocycles. The van der Waals surface area contributed by atoms with Gasteiger partial charge in [0.05, 0.1) is 11.6 Å². The Morgan fingerprint density at radius 1 is 1.23 bits per heavy atom. The maximum Gasteiger partial charge on any atom is 0.417 e. The molecular weight excluding hydrogens is 305 g/mol. The number of pyridine rings is 1. The van der Waals surface area contributed by atoms with E-state index in [9.17, 15) is 22.0 Å². The second kappa shape index (κ2) is 4.89. The van der Waals surface area contributed by atoms with E-state index in [2.05, 4.69) is 9.98 Å². The Labute approximate surface area is 122 Å².